The predicted molar refractivity (Wildman–Crippen MR) is 112 cm³/mol. The summed E-state index contributed by atoms with van der Waals surface area (Å²) in [5.41, 5.74) is 11.3. The highest BCUT2D eigenvalue weighted by molar-refractivity contribution is 6.30. The Hall–Kier alpha value is -2.37. The summed E-state index contributed by atoms with van der Waals surface area (Å²) in [6.07, 6.45) is 1.81. The lowest BCUT2D eigenvalue weighted by Gasteiger charge is -2.22. The molecule has 0 bridgehead atoms. The molecule has 1 unspecified atom stereocenters. The number of carbonyl (C=O) groups excluding carboxylic acids is 1. The first-order valence-electron chi connectivity index (χ1n) is 9.66. The fourth-order valence-electron chi connectivity index (χ4n) is 4.02. The van der Waals surface area contributed by atoms with Gasteiger partial charge in [-0.3, -0.25) is 9.69 Å². The van der Waals surface area contributed by atoms with Crippen LogP contribution in [0.2, 0.25) is 5.02 Å². The molecule has 2 aromatic carbocycles. The van der Waals surface area contributed by atoms with E-state index in [0.29, 0.717) is 13.1 Å². The number of nitrogens with two attached hydrogens (primary N) is 1. The van der Waals surface area contributed by atoms with Gasteiger partial charge < -0.3 is 10.3 Å². The average Bonchev–Trinajstić information content (AvgIpc) is 3.24. The monoisotopic (exact) mass is 396 g/mol. The summed E-state index contributed by atoms with van der Waals surface area (Å²) >= 11 is 6.05. The van der Waals surface area contributed by atoms with Crippen LogP contribution in [0.4, 0.5) is 0 Å². The smallest absolute Gasteiger partial charge is 0.234 e. The molecule has 1 atom stereocenters. The van der Waals surface area contributed by atoms with Crippen molar-refractivity contribution in [2.75, 3.05) is 6.54 Å². The Morgan fingerprint density at radius 3 is 2.61 bits per heavy atom. The maximum atomic E-state index is 11.8. The lowest BCUT2D eigenvalue weighted by Crippen LogP contribution is -2.40. The number of aryl methyl sites for hydroxylation is 2. The first-order valence-corrected chi connectivity index (χ1v) is 10.0. The number of hydrogen-bond acceptors (Lipinski definition) is 3. The second-order valence-electron chi connectivity index (χ2n) is 7.70. The minimum atomic E-state index is -0.246. The maximum Gasteiger partial charge on any atom is 0.234 e. The second kappa shape index (κ2) is 7.57. The Labute approximate surface area is 170 Å². The Bertz CT molecular complexity index is 1030. The van der Waals surface area contributed by atoms with Crippen LogP contribution in [-0.4, -0.2) is 32.9 Å². The average molecular weight is 397 g/mol. The Morgan fingerprint density at radius 1 is 1.18 bits per heavy atom. The third-order valence-electron chi connectivity index (χ3n) is 5.73. The van der Waals surface area contributed by atoms with Gasteiger partial charge in [0.05, 0.1) is 23.6 Å². The lowest BCUT2D eigenvalue weighted by atomic mass is 10.1. The molecule has 1 aromatic heterocycles. The van der Waals surface area contributed by atoms with E-state index < -0.39 is 0 Å². The summed E-state index contributed by atoms with van der Waals surface area (Å²) in [4.78, 5) is 18.9. The van der Waals surface area contributed by atoms with E-state index in [1.54, 1.807) is 0 Å². The molecule has 28 heavy (non-hydrogen) atoms. The zero-order valence-corrected chi connectivity index (χ0v) is 17.0. The van der Waals surface area contributed by atoms with Gasteiger partial charge in [0.1, 0.15) is 5.82 Å². The number of likely N-dealkylation sites (tertiary alicyclic amines) is 1. The van der Waals surface area contributed by atoms with Crippen LogP contribution in [0.3, 0.4) is 0 Å². The highest BCUT2D eigenvalue weighted by Crippen LogP contribution is 2.26. The van der Waals surface area contributed by atoms with E-state index in [1.165, 1.54) is 11.1 Å². The van der Waals surface area contributed by atoms with E-state index in [2.05, 4.69) is 35.4 Å². The van der Waals surface area contributed by atoms with Gasteiger partial charge in [-0.25, -0.2) is 4.98 Å². The zero-order valence-electron chi connectivity index (χ0n) is 16.3. The normalized spacial score (nSPS) is 17.5. The fourth-order valence-corrected chi connectivity index (χ4v) is 4.14. The van der Waals surface area contributed by atoms with Gasteiger partial charge in [-0.1, -0.05) is 23.7 Å². The van der Waals surface area contributed by atoms with Gasteiger partial charge in [-0.15, -0.1) is 0 Å². The van der Waals surface area contributed by atoms with Crippen molar-refractivity contribution >= 4 is 28.5 Å². The number of amides is 1. The van der Waals surface area contributed by atoms with E-state index in [9.17, 15) is 4.79 Å². The summed E-state index contributed by atoms with van der Waals surface area (Å²) in [6, 6.07) is 12.0. The van der Waals surface area contributed by atoms with Crippen molar-refractivity contribution in [3.05, 3.63) is 63.9 Å². The zero-order chi connectivity index (χ0) is 19.8. The van der Waals surface area contributed by atoms with Gasteiger partial charge in [-0.2, -0.15) is 0 Å². The Balaban J connectivity index is 1.75. The highest BCUT2D eigenvalue weighted by atomic mass is 35.5. The number of fused-ring (bicyclic) bond motifs is 1. The molecule has 0 aliphatic carbocycles. The number of carbonyl (C=O) groups is 1. The van der Waals surface area contributed by atoms with Crippen LogP contribution in [0.5, 0.6) is 0 Å². The van der Waals surface area contributed by atoms with Crippen LogP contribution in [-0.2, 0) is 17.9 Å². The standard InChI is InChI=1S/C22H25ClN4O/c1-14-10-18-20(11-15(14)2)27(12-16-5-7-17(23)8-6-16)21(25-18)13-26-9-3-4-19(26)22(24)28/h5-8,10-11,19H,3-4,9,12-13H2,1-2H3,(H2,24,28). The molecule has 1 aliphatic heterocycles. The van der Waals surface area contributed by atoms with E-state index >= 15 is 0 Å². The topological polar surface area (TPSA) is 64.2 Å². The van der Waals surface area contributed by atoms with Crippen molar-refractivity contribution in [1.82, 2.24) is 14.5 Å². The molecule has 2 heterocycles. The van der Waals surface area contributed by atoms with Crippen molar-refractivity contribution < 1.29 is 4.79 Å². The Morgan fingerprint density at radius 2 is 1.89 bits per heavy atom. The third-order valence-corrected chi connectivity index (χ3v) is 5.99. The summed E-state index contributed by atoms with van der Waals surface area (Å²) in [5, 5.41) is 0.729. The minimum absolute atomic E-state index is 0.202. The number of primary amides is 1. The summed E-state index contributed by atoms with van der Waals surface area (Å²) < 4.78 is 2.25. The van der Waals surface area contributed by atoms with Crippen LogP contribution in [0, 0.1) is 13.8 Å². The van der Waals surface area contributed by atoms with Gasteiger partial charge in [0, 0.05) is 11.6 Å². The number of halogens is 1. The van der Waals surface area contributed by atoms with E-state index in [4.69, 9.17) is 22.3 Å². The molecule has 4 rings (SSSR count). The molecule has 1 aliphatic rings. The molecular formula is C22H25ClN4O. The molecule has 2 N–H and O–H groups in total. The summed E-state index contributed by atoms with van der Waals surface area (Å²) in [5.74, 6) is 0.715. The van der Waals surface area contributed by atoms with Crippen LogP contribution >= 0.6 is 11.6 Å². The van der Waals surface area contributed by atoms with Gasteiger partial charge in [0.15, 0.2) is 0 Å². The SMILES string of the molecule is Cc1cc2nc(CN3CCCC3C(N)=O)n(Cc3ccc(Cl)cc3)c2cc1C. The van der Waals surface area contributed by atoms with Crippen LogP contribution < -0.4 is 5.73 Å². The van der Waals surface area contributed by atoms with Crippen molar-refractivity contribution in [3.8, 4) is 0 Å². The summed E-state index contributed by atoms with van der Waals surface area (Å²) in [7, 11) is 0. The predicted octanol–water partition coefficient (Wildman–Crippen LogP) is 3.80. The third kappa shape index (κ3) is 3.64. The van der Waals surface area contributed by atoms with Gasteiger partial charge in [0.2, 0.25) is 5.91 Å². The molecular weight excluding hydrogens is 372 g/mol. The van der Waals surface area contributed by atoms with Crippen molar-refractivity contribution in [1.29, 1.82) is 0 Å². The Kier molecular flexibility index (Phi) is 5.13. The van der Waals surface area contributed by atoms with Crippen LogP contribution in [0.25, 0.3) is 11.0 Å². The highest BCUT2D eigenvalue weighted by Gasteiger charge is 2.30. The second-order valence-corrected chi connectivity index (χ2v) is 8.13. The number of aromatic nitrogens is 2. The molecule has 1 fully saturated rings. The first-order chi connectivity index (χ1) is 13.4. The van der Waals surface area contributed by atoms with Gasteiger partial charge >= 0.3 is 0 Å². The molecule has 5 nitrogen and oxygen atoms in total. The molecule has 3 aromatic rings. The van der Waals surface area contributed by atoms with Gasteiger partial charge in [0.25, 0.3) is 0 Å². The summed E-state index contributed by atoms with van der Waals surface area (Å²) in [6.45, 7) is 6.43. The molecule has 1 amide bonds. The van der Waals surface area contributed by atoms with E-state index in [-0.39, 0.29) is 11.9 Å². The molecule has 0 saturated carbocycles. The molecule has 146 valence electrons. The van der Waals surface area contributed by atoms with Crippen molar-refractivity contribution in [2.24, 2.45) is 5.73 Å². The number of rotatable bonds is 5. The molecule has 1 saturated heterocycles. The first kappa shape index (κ1) is 19.0. The van der Waals surface area contributed by atoms with Crippen LogP contribution in [0.15, 0.2) is 36.4 Å². The number of benzene rings is 2. The quantitative estimate of drug-likeness (QED) is 0.713. The van der Waals surface area contributed by atoms with Crippen molar-refractivity contribution in [3.63, 3.8) is 0 Å². The molecule has 0 radical (unpaired) electrons. The van der Waals surface area contributed by atoms with Crippen molar-refractivity contribution in [2.45, 2.75) is 45.8 Å². The fraction of sp³-hybridized carbons (Fsp3) is 0.364. The number of hydrogen-bond donors (Lipinski definition) is 1. The largest absolute Gasteiger partial charge is 0.368 e. The maximum absolute atomic E-state index is 11.8. The number of nitrogens with zero attached hydrogens (tertiary/aromatic N) is 3. The van der Waals surface area contributed by atoms with E-state index in [1.807, 2.05) is 24.3 Å². The molecule has 0 spiro atoms. The minimum Gasteiger partial charge on any atom is -0.368 e. The van der Waals surface area contributed by atoms with Gasteiger partial charge in [-0.05, 0) is 74.2 Å². The lowest BCUT2D eigenvalue weighted by molar-refractivity contribution is -0.122. The molecule has 6 heteroatoms. The number of imidazole rings is 1. The van der Waals surface area contributed by atoms with Crippen LogP contribution in [0.1, 0.15) is 35.4 Å². The van der Waals surface area contributed by atoms with E-state index in [0.717, 1.165) is 46.8 Å².